The predicted molar refractivity (Wildman–Crippen MR) is 64.2 cm³/mol. The SMILES string of the molecule is CCS(=O)(=O)CCCn1cnc(S(=O)(=O)Cl)c1. The lowest BCUT2D eigenvalue weighted by molar-refractivity contribution is 0.586. The van der Waals surface area contributed by atoms with Crippen LogP contribution in [0.5, 0.6) is 0 Å². The van der Waals surface area contributed by atoms with E-state index in [0.29, 0.717) is 13.0 Å². The van der Waals surface area contributed by atoms with E-state index in [1.54, 1.807) is 6.92 Å². The molecule has 0 unspecified atom stereocenters. The molecule has 0 aliphatic heterocycles. The van der Waals surface area contributed by atoms with E-state index < -0.39 is 18.9 Å². The molecule has 6 nitrogen and oxygen atoms in total. The molecule has 0 N–H and O–H groups in total. The fraction of sp³-hybridized carbons (Fsp3) is 0.625. The van der Waals surface area contributed by atoms with Crippen LogP contribution in [-0.2, 0) is 25.4 Å². The zero-order chi connectivity index (χ0) is 13.1. The summed E-state index contributed by atoms with van der Waals surface area (Å²) in [5, 5.41) is -0.225. The van der Waals surface area contributed by atoms with Crippen molar-refractivity contribution in [2.24, 2.45) is 0 Å². The minimum absolute atomic E-state index is 0.0740. The molecular weight excluding hydrogens is 288 g/mol. The van der Waals surface area contributed by atoms with E-state index in [4.69, 9.17) is 10.7 Å². The van der Waals surface area contributed by atoms with Crippen LogP contribution in [0.2, 0.25) is 0 Å². The normalized spacial score (nSPS) is 12.8. The average Bonchev–Trinajstić information content (AvgIpc) is 2.66. The van der Waals surface area contributed by atoms with Gasteiger partial charge >= 0.3 is 0 Å². The molecule has 0 radical (unpaired) electrons. The van der Waals surface area contributed by atoms with Crippen LogP contribution in [0.4, 0.5) is 0 Å². The minimum Gasteiger partial charge on any atom is -0.336 e. The Labute approximate surface area is 105 Å². The molecule has 98 valence electrons. The number of aromatic nitrogens is 2. The van der Waals surface area contributed by atoms with Gasteiger partial charge in [-0.25, -0.2) is 21.8 Å². The smallest absolute Gasteiger partial charge is 0.280 e. The Morgan fingerprint density at radius 2 is 2.00 bits per heavy atom. The summed E-state index contributed by atoms with van der Waals surface area (Å²) < 4.78 is 45.8. The van der Waals surface area contributed by atoms with Gasteiger partial charge in [-0.15, -0.1) is 0 Å². The van der Waals surface area contributed by atoms with Crippen LogP contribution in [-0.4, -0.2) is 37.9 Å². The maximum Gasteiger partial charge on any atom is 0.280 e. The number of hydrogen-bond donors (Lipinski definition) is 0. The first-order valence-electron chi connectivity index (χ1n) is 4.91. The molecule has 9 heteroatoms. The number of halogens is 1. The van der Waals surface area contributed by atoms with Gasteiger partial charge in [-0.3, -0.25) is 0 Å². The molecule has 0 bridgehead atoms. The third kappa shape index (κ3) is 4.64. The third-order valence-corrected chi connectivity index (χ3v) is 5.15. The summed E-state index contributed by atoms with van der Waals surface area (Å²) in [5.41, 5.74) is 0. The van der Waals surface area contributed by atoms with E-state index in [1.165, 1.54) is 17.1 Å². The zero-order valence-electron chi connectivity index (χ0n) is 9.21. The zero-order valence-corrected chi connectivity index (χ0v) is 11.6. The highest BCUT2D eigenvalue weighted by Gasteiger charge is 2.13. The number of aryl methyl sites for hydroxylation is 1. The number of rotatable bonds is 6. The molecule has 0 saturated heterocycles. The molecule has 1 aromatic rings. The van der Waals surface area contributed by atoms with Crippen LogP contribution in [0.1, 0.15) is 13.3 Å². The summed E-state index contributed by atoms with van der Waals surface area (Å²) >= 11 is 0. The Morgan fingerprint density at radius 3 is 2.47 bits per heavy atom. The molecule has 0 amide bonds. The number of nitrogens with zero attached hydrogens (tertiary/aromatic N) is 2. The van der Waals surface area contributed by atoms with E-state index in [0.717, 1.165) is 0 Å². The quantitative estimate of drug-likeness (QED) is 0.719. The summed E-state index contributed by atoms with van der Waals surface area (Å²) in [7, 11) is -1.71. The van der Waals surface area contributed by atoms with Gasteiger partial charge in [0, 0.05) is 29.2 Å². The van der Waals surface area contributed by atoms with Gasteiger partial charge < -0.3 is 4.57 Å². The number of hydrogen-bond acceptors (Lipinski definition) is 5. The van der Waals surface area contributed by atoms with Gasteiger partial charge in [-0.1, -0.05) is 6.92 Å². The fourth-order valence-corrected chi connectivity index (χ4v) is 2.73. The second kappa shape index (κ2) is 5.36. The molecule has 0 aromatic carbocycles. The summed E-state index contributed by atoms with van der Waals surface area (Å²) in [6.45, 7) is 1.98. The highest BCUT2D eigenvalue weighted by molar-refractivity contribution is 8.13. The Balaban J connectivity index is 2.58. The van der Waals surface area contributed by atoms with Crippen molar-refractivity contribution in [3.8, 4) is 0 Å². The Bertz CT molecular complexity index is 576. The molecular formula is C8H13ClN2O4S2. The monoisotopic (exact) mass is 300 g/mol. The van der Waals surface area contributed by atoms with Crippen LogP contribution in [0.15, 0.2) is 17.6 Å². The van der Waals surface area contributed by atoms with Crippen molar-refractivity contribution in [1.29, 1.82) is 0 Å². The summed E-state index contributed by atoms with van der Waals surface area (Å²) in [6, 6.07) is 0. The van der Waals surface area contributed by atoms with Gasteiger partial charge in [0.2, 0.25) is 0 Å². The van der Waals surface area contributed by atoms with Gasteiger partial charge in [0.05, 0.1) is 12.1 Å². The van der Waals surface area contributed by atoms with Gasteiger partial charge in [0.15, 0.2) is 5.03 Å². The molecule has 0 saturated carbocycles. The lowest BCUT2D eigenvalue weighted by Gasteiger charge is -2.02. The van der Waals surface area contributed by atoms with Gasteiger partial charge in [-0.05, 0) is 6.42 Å². The lowest BCUT2D eigenvalue weighted by atomic mass is 10.5. The van der Waals surface area contributed by atoms with E-state index >= 15 is 0 Å². The summed E-state index contributed by atoms with van der Waals surface area (Å²) in [4.78, 5) is 3.62. The first kappa shape index (κ1) is 14.5. The van der Waals surface area contributed by atoms with E-state index in [9.17, 15) is 16.8 Å². The summed E-state index contributed by atoms with van der Waals surface area (Å²) in [5.74, 6) is 0.183. The van der Waals surface area contributed by atoms with Crippen molar-refractivity contribution in [3.05, 3.63) is 12.5 Å². The number of imidazole rings is 1. The topological polar surface area (TPSA) is 86.1 Å². The summed E-state index contributed by atoms with van der Waals surface area (Å²) in [6.07, 6.45) is 3.00. The highest BCUT2D eigenvalue weighted by Crippen LogP contribution is 2.11. The molecule has 1 aromatic heterocycles. The standard InChI is InChI=1S/C8H13ClN2O4S2/c1-2-16(12,13)5-3-4-11-6-8(10-7-11)17(9,14)15/h6-7H,2-5H2,1H3. The molecule has 0 spiro atoms. The third-order valence-electron chi connectivity index (χ3n) is 2.17. The second-order valence-electron chi connectivity index (χ2n) is 3.48. The Hall–Kier alpha value is -0.600. The first-order chi connectivity index (χ1) is 7.74. The molecule has 17 heavy (non-hydrogen) atoms. The highest BCUT2D eigenvalue weighted by atomic mass is 35.7. The van der Waals surface area contributed by atoms with Gasteiger partial charge in [-0.2, -0.15) is 0 Å². The van der Waals surface area contributed by atoms with Crippen LogP contribution in [0.25, 0.3) is 0 Å². The average molecular weight is 301 g/mol. The molecule has 0 aliphatic rings. The van der Waals surface area contributed by atoms with Crippen LogP contribution in [0.3, 0.4) is 0 Å². The van der Waals surface area contributed by atoms with E-state index in [1.807, 2.05) is 0 Å². The number of sulfone groups is 1. The molecule has 0 aliphatic carbocycles. The van der Waals surface area contributed by atoms with Crippen molar-refractivity contribution in [3.63, 3.8) is 0 Å². The van der Waals surface area contributed by atoms with Crippen LogP contribution in [0, 0.1) is 0 Å². The maximum absolute atomic E-state index is 11.2. The molecule has 1 rings (SSSR count). The molecule has 1 heterocycles. The van der Waals surface area contributed by atoms with Gasteiger partial charge in [0.1, 0.15) is 9.84 Å². The largest absolute Gasteiger partial charge is 0.336 e. The predicted octanol–water partition coefficient (Wildman–Crippen LogP) is 0.635. The van der Waals surface area contributed by atoms with E-state index in [-0.39, 0.29) is 16.5 Å². The Morgan fingerprint density at radius 1 is 1.35 bits per heavy atom. The maximum atomic E-state index is 11.2. The van der Waals surface area contributed by atoms with Crippen molar-refractivity contribution in [1.82, 2.24) is 9.55 Å². The fourth-order valence-electron chi connectivity index (χ4n) is 1.20. The second-order valence-corrected chi connectivity index (χ2v) is 8.46. The minimum atomic E-state index is -3.82. The van der Waals surface area contributed by atoms with Crippen LogP contribution < -0.4 is 0 Å². The van der Waals surface area contributed by atoms with Crippen LogP contribution >= 0.6 is 10.7 Å². The van der Waals surface area contributed by atoms with Crippen molar-refractivity contribution in [2.75, 3.05) is 11.5 Å². The van der Waals surface area contributed by atoms with Crippen molar-refractivity contribution in [2.45, 2.75) is 24.9 Å². The van der Waals surface area contributed by atoms with Gasteiger partial charge in [0.25, 0.3) is 9.05 Å². The van der Waals surface area contributed by atoms with E-state index in [2.05, 4.69) is 4.98 Å². The van der Waals surface area contributed by atoms with Crippen molar-refractivity contribution >= 4 is 29.6 Å². The van der Waals surface area contributed by atoms with Crippen molar-refractivity contribution < 1.29 is 16.8 Å². The first-order valence-corrected chi connectivity index (χ1v) is 9.04. The lowest BCUT2D eigenvalue weighted by Crippen LogP contribution is -2.10. The Kier molecular flexibility index (Phi) is 4.56. The molecule has 0 fully saturated rings. The molecule has 0 atom stereocenters.